The van der Waals surface area contributed by atoms with Crippen LogP contribution in [0.1, 0.15) is 0 Å². The van der Waals surface area contributed by atoms with Crippen molar-refractivity contribution in [2.75, 3.05) is 6.67 Å². The Kier molecular flexibility index (Phi) is 2.61. The van der Waals surface area contributed by atoms with E-state index in [0.717, 1.165) is 0 Å². The van der Waals surface area contributed by atoms with Gasteiger partial charge in [0.1, 0.15) is 12.5 Å². The summed E-state index contributed by atoms with van der Waals surface area (Å²) in [6, 6.07) is 0. The molecule has 54 valence electrons. The fraction of sp³-hybridized carbons (Fsp3) is 0.500. The smallest absolute Gasteiger partial charge is 0.243 e. The summed E-state index contributed by atoms with van der Waals surface area (Å²) in [5.74, 6) is -1.80. The zero-order valence-electron chi connectivity index (χ0n) is 4.17. The normalized spacial score (nSPS) is 14.1. The molecule has 0 radical (unpaired) electrons. The van der Waals surface area contributed by atoms with Crippen molar-refractivity contribution in [2.45, 2.75) is 6.18 Å². The number of hydrogen-bond acceptors (Lipinski definition) is 0. The molecule has 0 aliphatic rings. The molecule has 5 heteroatoms. The summed E-state index contributed by atoms with van der Waals surface area (Å²) >= 11 is 0. The molecule has 0 atom stereocenters. The Morgan fingerprint density at radius 3 is 1.89 bits per heavy atom. The molecule has 0 aliphatic heterocycles. The molecule has 0 N–H and O–H groups in total. The van der Waals surface area contributed by atoms with Crippen molar-refractivity contribution < 1.29 is 22.0 Å². The van der Waals surface area contributed by atoms with Crippen LogP contribution in [-0.2, 0) is 0 Å². The minimum absolute atomic E-state index is 0.715. The summed E-state index contributed by atoms with van der Waals surface area (Å²) < 4.78 is 55.4. The summed E-state index contributed by atoms with van der Waals surface area (Å²) in [5, 5.41) is 0. The average molecular weight is 146 g/mol. The molecular formula is C4H3F5. The molecule has 0 heterocycles. The summed E-state index contributed by atoms with van der Waals surface area (Å²) in [4.78, 5) is 0. The molecule has 0 aromatic rings. The topological polar surface area (TPSA) is 0 Å². The number of alkyl halides is 4. The number of hydrogen-bond donors (Lipinski definition) is 0. The highest BCUT2D eigenvalue weighted by atomic mass is 19.4. The first kappa shape index (κ1) is 8.39. The van der Waals surface area contributed by atoms with Crippen LogP contribution in [0.5, 0.6) is 0 Å². The van der Waals surface area contributed by atoms with Crippen LogP contribution in [0.15, 0.2) is 11.9 Å². The molecule has 0 nitrogen and oxygen atoms in total. The monoisotopic (exact) mass is 146 g/mol. The fourth-order valence-corrected chi connectivity index (χ4v) is 0.216. The van der Waals surface area contributed by atoms with Crippen LogP contribution in [0, 0.1) is 0 Å². The average Bonchev–Trinajstić information content (AvgIpc) is 1.62. The minimum Gasteiger partial charge on any atom is -0.243 e. The third kappa shape index (κ3) is 5.26. The van der Waals surface area contributed by atoms with Crippen LogP contribution < -0.4 is 0 Å². The second-order valence-corrected chi connectivity index (χ2v) is 1.27. The third-order valence-electron chi connectivity index (χ3n) is 0.448. The second kappa shape index (κ2) is 2.80. The summed E-state index contributed by atoms with van der Waals surface area (Å²) in [6.45, 7) is -1.71. The lowest BCUT2D eigenvalue weighted by molar-refractivity contribution is -0.0816. The van der Waals surface area contributed by atoms with Crippen molar-refractivity contribution in [3.05, 3.63) is 11.9 Å². The maximum atomic E-state index is 11.4. The summed E-state index contributed by atoms with van der Waals surface area (Å²) in [7, 11) is 0. The number of halogens is 5. The largest absolute Gasteiger partial charge is 0.412 e. The maximum Gasteiger partial charge on any atom is 0.412 e. The van der Waals surface area contributed by atoms with Crippen molar-refractivity contribution in [1.29, 1.82) is 0 Å². The van der Waals surface area contributed by atoms with Gasteiger partial charge in [0, 0.05) is 0 Å². The molecule has 0 bridgehead atoms. The molecular weight excluding hydrogens is 143 g/mol. The van der Waals surface area contributed by atoms with Gasteiger partial charge in [-0.3, -0.25) is 0 Å². The Bertz CT molecular complexity index is 111. The van der Waals surface area contributed by atoms with Gasteiger partial charge in [-0.2, -0.15) is 13.2 Å². The van der Waals surface area contributed by atoms with Gasteiger partial charge < -0.3 is 0 Å². The van der Waals surface area contributed by atoms with Crippen molar-refractivity contribution in [3.8, 4) is 0 Å². The highest BCUT2D eigenvalue weighted by Gasteiger charge is 2.24. The third-order valence-corrected chi connectivity index (χ3v) is 0.448. The van der Waals surface area contributed by atoms with E-state index < -0.39 is 24.8 Å². The van der Waals surface area contributed by atoms with Gasteiger partial charge >= 0.3 is 6.18 Å². The molecule has 0 aromatic heterocycles. The van der Waals surface area contributed by atoms with Gasteiger partial charge in [-0.15, -0.1) is 0 Å². The highest BCUT2D eigenvalue weighted by molar-refractivity contribution is 4.96. The van der Waals surface area contributed by atoms with Gasteiger partial charge in [0.25, 0.3) is 0 Å². The summed E-state index contributed by atoms with van der Waals surface area (Å²) in [6.07, 6.45) is -5.47. The van der Waals surface area contributed by atoms with E-state index in [1.54, 1.807) is 0 Å². The predicted octanol–water partition coefficient (Wildman–Crippen LogP) is 2.37. The fourth-order valence-electron chi connectivity index (χ4n) is 0.216. The SMILES string of the molecule is FC/C(F)=C\C(F)(F)F. The molecule has 0 saturated heterocycles. The van der Waals surface area contributed by atoms with Crippen LogP contribution in [0.4, 0.5) is 22.0 Å². The highest BCUT2D eigenvalue weighted by Crippen LogP contribution is 2.18. The van der Waals surface area contributed by atoms with E-state index >= 15 is 0 Å². The van der Waals surface area contributed by atoms with Crippen molar-refractivity contribution in [2.24, 2.45) is 0 Å². The maximum absolute atomic E-state index is 11.4. The lowest BCUT2D eigenvalue weighted by Gasteiger charge is -1.96. The first-order valence-corrected chi connectivity index (χ1v) is 1.95. The van der Waals surface area contributed by atoms with Crippen molar-refractivity contribution in [3.63, 3.8) is 0 Å². The van der Waals surface area contributed by atoms with Crippen LogP contribution >= 0.6 is 0 Å². The van der Waals surface area contributed by atoms with E-state index in [4.69, 9.17) is 0 Å². The predicted molar refractivity (Wildman–Crippen MR) is 21.2 cm³/mol. The molecule has 0 aliphatic carbocycles. The number of allylic oxidation sites excluding steroid dienone is 2. The zero-order chi connectivity index (χ0) is 7.49. The molecule has 0 spiro atoms. The van der Waals surface area contributed by atoms with E-state index in [1.165, 1.54) is 0 Å². The standard InChI is InChI=1S/C4H3F5/c5-2-3(6)1-4(7,8)9/h1H,2H2/b3-1+. The Labute approximate surface area is 48.0 Å². The van der Waals surface area contributed by atoms with E-state index in [-0.39, 0.29) is 0 Å². The van der Waals surface area contributed by atoms with Crippen LogP contribution in [0.25, 0.3) is 0 Å². The Hall–Kier alpha value is -0.610. The van der Waals surface area contributed by atoms with Gasteiger partial charge in [-0.1, -0.05) is 0 Å². The molecule has 0 rings (SSSR count). The quantitative estimate of drug-likeness (QED) is 0.498. The first-order chi connectivity index (χ1) is 3.95. The van der Waals surface area contributed by atoms with Crippen molar-refractivity contribution >= 4 is 0 Å². The van der Waals surface area contributed by atoms with E-state index in [2.05, 4.69) is 0 Å². The van der Waals surface area contributed by atoms with Crippen LogP contribution in [-0.4, -0.2) is 12.9 Å². The Balaban J connectivity index is 3.95. The summed E-state index contributed by atoms with van der Waals surface area (Å²) in [5.41, 5.74) is 0. The molecule has 0 saturated carbocycles. The molecule has 0 aromatic carbocycles. The van der Waals surface area contributed by atoms with Gasteiger partial charge in [-0.05, 0) is 0 Å². The molecule has 0 unspecified atom stereocenters. The molecule has 0 fully saturated rings. The van der Waals surface area contributed by atoms with Gasteiger partial charge in [-0.25, -0.2) is 8.78 Å². The van der Waals surface area contributed by atoms with E-state index in [1.807, 2.05) is 0 Å². The van der Waals surface area contributed by atoms with Crippen molar-refractivity contribution in [1.82, 2.24) is 0 Å². The lowest BCUT2D eigenvalue weighted by Crippen LogP contribution is -2.02. The van der Waals surface area contributed by atoms with Crippen LogP contribution in [0.3, 0.4) is 0 Å². The molecule has 0 amide bonds. The Morgan fingerprint density at radius 1 is 1.33 bits per heavy atom. The van der Waals surface area contributed by atoms with Gasteiger partial charge in [0.05, 0.1) is 6.08 Å². The van der Waals surface area contributed by atoms with E-state index in [9.17, 15) is 22.0 Å². The second-order valence-electron chi connectivity index (χ2n) is 1.27. The Morgan fingerprint density at radius 2 is 1.78 bits per heavy atom. The van der Waals surface area contributed by atoms with Crippen LogP contribution in [0.2, 0.25) is 0 Å². The van der Waals surface area contributed by atoms with Gasteiger partial charge in [0.2, 0.25) is 0 Å². The molecule has 9 heavy (non-hydrogen) atoms. The minimum atomic E-state index is -4.75. The van der Waals surface area contributed by atoms with E-state index in [0.29, 0.717) is 0 Å². The number of rotatable bonds is 1. The zero-order valence-corrected chi connectivity index (χ0v) is 4.17. The lowest BCUT2D eigenvalue weighted by atomic mass is 10.5. The van der Waals surface area contributed by atoms with Gasteiger partial charge in [0.15, 0.2) is 0 Å². The first-order valence-electron chi connectivity index (χ1n) is 1.95.